The zero-order valence-electron chi connectivity index (χ0n) is 22.1. The van der Waals surface area contributed by atoms with Gasteiger partial charge in [-0.15, -0.1) is 0 Å². The maximum absolute atomic E-state index is 14.1. The third kappa shape index (κ3) is 5.42. The van der Waals surface area contributed by atoms with Gasteiger partial charge < -0.3 is 15.1 Å². The fourth-order valence-electron chi connectivity index (χ4n) is 6.52. The number of carbonyl (C=O) groups is 2. The van der Waals surface area contributed by atoms with E-state index in [0.717, 1.165) is 80.7 Å². The lowest BCUT2D eigenvalue weighted by Gasteiger charge is -2.35. The molecule has 2 fully saturated rings. The van der Waals surface area contributed by atoms with Gasteiger partial charge in [-0.1, -0.05) is 25.3 Å². The number of aromatic nitrogens is 1. The van der Waals surface area contributed by atoms with Crippen LogP contribution < -0.4 is 10.2 Å². The number of halogens is 1. The van der Waals surface area contributed by atoms with Gasteiger partial charge in [-0.3, -0.25) is 9.59 Å². The second kappa shape index (κ2) is 11.3. The van der Waals surface area contributed by atoms with Gasteiger partial charge in [-0.25, -0.2) is 9.37 Å². The van der Waals surface area contributed by atoms with Crippen LogP contribution in [-0.2, 0) is 16.0 Å². The Hall–Kier alpha value is -2.80. The van der Waals surface area contributed by atoms with E-state index in [1.165, 1.54) is 12.5 Å². The molecule has 1 amide bonds. The van der Waals surface area contributed by atoms with Gasteiger partial charge in [-0.05, 0) is 87.4 Å². The largest absolute Gasteiger partial charge is 0.335 e. The molecule has 1 aromatic carbocycles. The number of nitrogens with one attached hydrogen (secondary N) is 1. The minimum atomic E-state index is -0.251. The van der Waals surface area contributed by atoms with E-state index in [2.05, 4.69) is 21.3 Å². The van der Waals surface area contributed by atoms with Gasteiger partial charge >= 0.3 is 0 Å². The number of likely N-dealkylation sites (N-methyl/N-ethyl adjacent to an activating group) is 1. The standard InChI is InChI=1S/C30H39FN4O2/c1-20(32-2)28(36)19-25(21-7-4-3-5-8-21)30(37)35-15-6-9-26(35)23-12-14-33-29(17-23)34-16-13-22-10-11-24(31)18-27(22)34/h10-12,14,17-18,20-21,25-26,32H,3-9,13,15-16,19H2,1-2H3. The Morgan fingerprint density at radius 2 is 1.89 bits per heavy atom. The lowest BCUT2D eigenvalue weighted by Crippen LogP contribution is -2.42. The quantitative estimate of drug-likeness (QED) is 0.523. The Labute approximate surface area is 219 Å². The zero-order valence-corrected chi connectivity index (χ0v) is 22.1. The van der Waals surface area contributed by atoms with E-state index in [1.807, 2.05) is 24.0 Å². The molecule has 37 heavy (non-hydrogen) atoms. The summed E-state index contributed by atoms with van der Waals surface area (Å²) in [5.41, 5.74) is 3.07. The number of rotatable bonds is 8. The molecule has 1 aliphatic carbocycles. The molecule has 1 N–H and O–H groups in total. The molecular formula is C30H39FN4O2. The number of carbonyl (C=O) groups excluding carboxylic acids is 2. The summed E-state index contributed by atoms with van der Waals surface area (Å²) >= 11 is 0. The maximum atomic E-state index is 14.1. The van der Waals surface area contributed by atoms with Crippen LogP contribution >= 0.6 is 0 Å². The average molecular weight is 507 g/mol. The van der Waals surface area contributed by atoms with Gasteiger partial charge in [0, 0.05) is 37.3 Å². The smallest absolute Gasteiger partial charge is 0.226 e. The summed E-state index contributed by atoms with van der Waals surface area (Å²) in [5, 5.41) is 3.05. The van der Waals surface area contributed by atoms with E-state index in [0.29, 0.717) is 6.42 Å². The first-order valence-corrected chi connectivity index (χ1v) is 14.0. The van der Waals surface area contributed by atoms with E-state index in [4.69, 9.17) is 0 Å². The number of hydrogen-bond acceptors (Lipinski definition) is 5. The first-order chi connectivity index (χ1) is 18.0. The molecule has 2 aliphatic heterocycles. The van der Waals surface area contributed by atoms with Crippen molar-refractivity contribution < 1.29 is 14.0 Å². The van der Waals surface area contributed by atoms with Crippen molar-refractivity contribution >= 4 is 23.2 Å². The van der Waals surface area contributed by atoms with E-state index >= 15 is 0 Å². The number of pyridine rings is 1. The average Bonchev–Trinajstić information content (AvgIpc) is 3.59. The highest BCUT2D eigenvalue weighted by Gasteiger charge is 2.39. The van der Waals surface area contributed by atoms with Gasteiger partial charge in [0.15, 0.2) is 0 Å². The van der Waals surface area contributed by atoms with E-state index < -0.39 is 0 Å². The number of benzene rings is 1. The van der Waals surface area contributed by atoms with Crippen molar-refractivity contribution in [3.63, 3.8) is 0 Å². The van der Waals surface area contributed by atoms with Crippen molar-refractivity contribution in [2.45, 2.75) is 76.8 Å². The summed E-state index contributed by atoms with van der Waals surface area (Å²) in [6.45, 7) is 3.36. The lowest BCUT2D eigenvalue weighted by molar-refractivity contribution is -0.141. The molecular weight excluding hydrogens is 467 g/mol. The SMILES string of the molecule is CNC(C)C(=O)CC(C(=O)N1CCCC1c1ccnc(N2CCc3ccc(F)cc32)c1)C1CCCCC1. The molecule has 0 bridgehead atoms. The summed E-state index contributed by atoms with van der Waals surface area (Å²) < 4.78 is 14.0. The third-order valence-corrected chi connectivity index (χ3v) is 8.78. The van der Waals surface area contributed by atoms with Crippen molar-refractivity contribution in [3.05, 3.63) is 53.5 Å². The molecule has 3 atom stereocenters. The third-order valence-electron chi connectivity index (χ3n) is 8.78. The monoisotopic (exact) mass is 506 g/mol. The summed E-state index contributed by atoms with van der Waals surface area (Å²) in [7, 11) is 1.80. The number of fused-ring (bicyclic) bond motifs is 1. The number of amides is 1. The Balaban J connectivity index is 1.39. The molecule has 7 heteroatoms. The van der Waals surface area contributed by atoms with E-state index in [-0.39, 0.29) is 41.4 Å². The Morgan fingerprint density at radius 1 is 1.08 bits per heavy atom. The number of nitrogens with zero attached hydrogens (tertiary/aromatic N) is 3. The number of Topliss-reactive ketones (excluding diaryl/α,β-unsaturated/α-hetero) is 1. The topological polar surface area (TPSA) is 65.5 Å². The first-order valence-electron chi connectivity index (χ1n) is 14.0. The van der Waals surface area contributed by atoms with Crippen LogP contribution in [0.25, 0.3) is 0 Å². The van der Waals surface area contributed by atoms with Gasteiger partial charge in [0.05, 0.1) is 12.1 Å². The van der Waals surface area contributed by atoms with Crippen LogP contribution in [0.3, 0.4) is 0 Å². The molecule has 3 aliphatic rings. The molecule has 1 saturated carbocycles. The minimum Gasteiger partial charge on any atom is -0.335 e. The minimum absolute atomic E-state index is 0.0215. The lowest BCUT2D eigenvalue weighted by atomic mass is 9.76. The molecule has 0 spiro atoms. The van der Waals surface area contributed by atoms with Crippen LogP contribution in [0.2, 0.25) is 0 Å². The van der Waals surface area contributed by atoms with Crippen LogP contribution in [0.1, 0.15) is 75.5 Å². The van der Waals surface area contributed by atoms with E-state index in [9.17, 15) is 14.0 Å². The number of likely N-dealkylation sites (tertiary alicyclic amines) is 1. The van der Waals surface area contributed by atoms with Gasteiger partial charge in [-0.2, -0.15) is 0 Å². The zero-order chi connectivity index (χ0) is 25.9. The molecule has 198 valence electrons. The Bertz CT molecular complexity index is 1130. The van der Waals surface area contributed by atoms with Crippen LogP contribution in [0.15, 0.2) is 36.5 Å². The molecule has 1 saturated heterocycles. The predicted octanol–water partition coefficient (Wildman–Crippen LogP) is 5.34. The van der Waals surface area contributed by atoms with E-state index in [1.54, 1.807) is 19.3 Å². The molecule has 3 heterocycles. The fraction of sp³-hybridized carbons (Fsp3) is 0.567. The van der Waals surface area contributed by atoms with Crippen molar-refractivity contribution in [3.8, 4) is 0 Å². The first kappa shape index (κ1) is 25.8. The molecule has 6 nitrogen and oxygen atoms in total. The van der Waals surface area contributed by atoms with Gasteiger partial charge in [0.25, 0.3) is 0 Å². The molecule has 2 aromatic rings. The predicted molar refractivity (Wildman–Crippen MR) is 143 cm³/mol. The summed E-state index contributed by atoms with van der Waals surface area (Å²) in [6, 6.07) is 8.76. The number of ketones is 1. The second-order valence-corrected chi connectivity index (χ2v) is 11.0. The van der Waals surface area contributed by atoms with Crippen LogP contribution in [0.5, 0.6) is 0 Å². The maximum Gasteiger partial charge on any atom is 0.226 e. The summed E-state index contributed by atoms with van der Waals surface area (Å²) in [4.78, 5) is 35.8. The summed E-state index contributed by atoms with van der Waals surface area (Å²) in [5.74, 6) is 0.831. The highest BCUT2D eigenvalue weighted by molar-refractivity contribution is 5.90. The molecule has 5 rings (SSSR count). The second-order valence-electron chi connectivity index (χ2n) is 11.0. The van der Waals surface area contributed by atoms with Gasteiger partial charge in [0.2, 0.25) is 5.91 Å². The molecule has 1 aromatic heterocycles. The normalized spacial score (nSPS) is 21.6. The summed E-state index contributed by atoms with van der Waals surface area (Å²) in [6.07, 6.45) is 10.4. The Morgan fingerprint density at radius 3 is 2.68 bits per heavy atom. The van der Waals surface area contributed by atoms with Crippen molar-refractivity contribution in [1.82, 2.24) is 15.2 Å². The van der Waals surface area contributed by atoms with Crippen molar-refractivity contribution in [2.24, 2.45) is 11.8 Å². The van der Waals surface area contributed by atoms with Crippen molar-refractivity contribution in [1.29, 1.82) is 0 Å². The molecule has 0 radical (unpaired) electrons. The fourth-order valence-corrected chi connectivity index (χ4v) is 6.52. The number of hydrogen-bond donors (Lipinski definition) is 1. The van der Waals surface area contributed by atoms with Crippen LogP contribution in [0.4, 0.5) is 15.9 Å². The highest BCUT2D eigenvalue weighted by Crippen LogP contribution is 2.40. The van der Waals surface area contributed by atoms with Crippen molar-refractivity contribution in [2.75, 3.05) is 25.0 Å². The molecule has 3 unspecified atom stereocenters. The highest BCUT2D eigenvalue weighted by atomic mass is 19.1. The van der Waals surface area contributed by atoms with Gasteiger partial charge in [0.1, 0.15) is 17.4 Å². The Kier molecular flexibility index (Phi) is 7.89. The van der Waals surface area contributed by atoms with Crippen LogP contribution in [-0.4, -0.2) is 47.8 Å². The number of anilines is 2. The van der Waals surface area contributed by atoms with Crippen LogP contribution in [0, 0.1) is 17.7 Å².